The topological polar surface area (TPSA) is 77.0 Å². The van der Waals surface area contributed by atoms with E-state index in [4.69, 9.17) is 14.2 Å². The van der Waals surface area contributed by atoms with Crippen LogP contribution in [0, 0.1) is 5.92 Å². The number of aliphatic carboxylic acids is 1. The Morgan fingerprint density at radius 3 is 2.32 bits per heavy atom. The van der Waals surface area contributed by atoms with Crippen molar-refractivity contribution < 1.29 is 37.3 Å². The van der Waals surface area contributed by atoms with Gasteiger partial charge in [-0.2, -0.15) is 13.2 Å². The fourth-order valence-electron chi connectivity index (χ4n) is 4.96. The van der Waals surface area contributed by atoms with E-state index in [1.54, 1.807) is 18.2 Å². The van der Waals surface area contributed by atoms with Crippen LogP contribution in [0.2, 0.25) is 0 Å². The van der Waals surface area contributed by atoms with Crippen LogP contribution in [-0.4, -0.2) is 43.1 Å². The van der Waals surface area contributed by atoms with Gasteiger partial charge in [0.05, 0.1) is 32.3 Å². The molecule has 6 nitrogen and oxygen atoms in total. The number of rotatable bonds is 12. The Labute approximate surface area is 215 Å². The molecule has 4 rings (SSSR count). The van der Waals surface area contributed by atoms with Crippen LogP contribution in [-0.2, 0) is 11.3 Å². The maximum atomic E-state index is 12.5. The van der Waals surface area contributed by atoms with Gasteiger partial charge < -0.3 is 24.6 Å². The van der Waals surface area contributed by atoms with Gasteiger partial charge in [-0.15, -0.1) is 0 Å². The summed E-state index contributed by atoms with van der Waals surface area (Å²) in [7, 11) is 1.53. The van der Waals surface area contributed by atoms with Crippen LogP contribution in [0.3, 0.4) is 0 Å². The molecule has 0 aromatic heterocycles. The van der Waals surface area contributed by atoms with Gasteiger partial charge in [-0.3, -0.25) is 4.79 Å². The van der Waals surface area contributed by atoms with Crippen molar-refractivity contribution in [2.45, 2.75) is 75.8 Å². The molecule has 2 aromatic rings. The third-order valence-electron chi connectivity index (χ3n) is 7.00. The SMILES string of the molecule is COc1ccc(CNCC(F)(F)F)c(O[C@H]2CC[C@H](Oc3cccc(C(CC(=O)O)C4CC4)c3)CC2)c1. The number of halogens is 3. The van der Waals surface area contributed by atoms with Crippen LogP contribution in [0.4, 0.5) is 13.2 Å². The van der Waals surface area contributed by atoms with Crippen LogP contribution < -0.4 is 19.5 Å². The largest absolute Gasteiger partial charge is 0.497 e. The van der Waals surface area contributed by atoms with Crippen LogP contribution >= 0.6 is 0 Å². The molecular formula is C28H34F3NO5. The van der Waals surface area contributed by atoms with E-state index >= 15 is 0 Å². The fourth-order valence-corrected chi connectivity index (χ4v) is 4.96. The molecule has 0 aliphatic heterocycles. The summed E-state index contributed by atoms with van der Waals surface area (Å²) in [6, 6.07) is 12.9. The smallest absolute Gasteiger partial charge is 0.401 e. The number of nitrogens with one attached hydrogen (secondary N) is 1. The first kappa shape index (κ1) is 27.1. The molecule has 2 saturated carbocycles. The van der Waals surface area contributed by atoms with E-state index in [-0.39, 0.29) is 31.1 Å². The molecule has 0 bridgehead atoms. The third kappa shape index (κ3) is 8.28. The number of carbonyl (C=O) groups is 1. The van der Waals surface area contributed by atoms with E-state index in [0.29, 0.717) is 23.0 Å². The highest BCUT2D eigenvalue weighted by molar-refractivity contribution is 5.68. The van der Waals surface area contributed by atoms with E-state index in [2.05, 4.69) is 5.32 Å². The average Bonchev–Trinajstić information content (AvgIpc) is 3.69. The molecule has 0 spiro atoms. The van der Waals surface area contributed by atoms with Crippen LogP contribution in [0.15, 0.2) is 42.5 Å². The third-order valence-corrected chi connectivity index (χ3v) is 7.00. The highest BCUT2D eigenvalue weighted by atomic mass is 19.4. The Balaban J connectivity index is 1.32. The second-order valence-electron chi connectivity index (χ2n) is 9.94. The van der Waals surface area contributed by atoms with Gasteiger partial charge in [-0.25, -0.2) is 0 Å². The van der Waals surface area contributed by atoms with E-state index in [1.165, 1.54) is 7.11 Å². The van der Waals surface area contributed by atoms with Gasteiger partial charge in [0.1, 0.15) is 17.2 Å². The molecule has 2 fully saturated rings. The molecule has 2 aliphatic carbocycles. The van der Waals surface area contributed by atoms with Crippen LogP contribution in [0.1, 0.15) is 62.0 Å². The number of benzene rings is 2. The van der Waals surface area contributed by atoms with Crippen LogP contribution in [0.5, 0.6) is 17.2 Å². The highest BCUT2D eigenvalue weighted by Gasteiger charge is 2.34. The molecule has 0 amide bonds. The summed E-state index contributed by atoms with van der Waals surface area (Å²) < 4.78 is 55.4. The zero-order valence-electron chi connectivity index (χ0n) is 20.9. The molecule has 2 aliphatic rings. The first-order chi connectivity index (χ1) is 17.7. The van der Waals surface area contributed by atoms with Crippen molar-refractivity contribution in [3.05, 3.63) is 53.6 Å². The molecule has 1 unspecified atom stereocenters. The Hall–Kier alpha value is -2.94. The number of ether oxygens (including phenoxy) is 3. The lowest BCUT2D eigenvalue weighted by Crippen LogP contribution is -2.31. The molecule has 0 heterocycles. The molecule has 0 radical (unpaired) electrons. The summed E-state index contributed by atoms with van der Waals surface area (Å²) in [6.07, 6.45) is 1.00. The lowest BCUT2D eigenvalue weighted by Gasteiger charge is -2.30. The normalized spacial score (nSPS) is 20.8. The van der Waals surface area contributed by atoms with Crippen molar-refractivity contribution in [2.24, 2.45) is 5.92 Å². The molecular weight excluding hydrogens is 487 g/mol. The number of carboxylic acid groups (broad SMARTS) is 1. The summed E-state index contributed by atoms with van der Waals surface area (Å²) in [5.41, 5.74) is 1.66. The molecule has 0 saturated heterocycles. The van der Waals surface area contributed by atoms with Gasteiger partial charge in [0, 0.05) is 18.2 Å². The summed E-state index contributed by atoms with van der Waals surface area (Å²) >= 11 is 0. The lowest BCUT2D eigenvalue weighted by molar-refractivity contribution is -0.137. The number of hydrogen-bond acceptors (Lipinski definition) is 5. The van der Waals surface area contributed by atoms with Crippen molar-refractivity contribution in [2.75, 3.05) is 13.7 Å². The number of hydrogen-bond donors (Lipinski definition) is 2. The van der Waals surface area contributed by atoms with Crippen molar-refractivity contribution >= 4 is 5.97 Å². The zero-order chi connectivity index (χ0) is 26.4. The predicted octanol–water partition coefficient (Wildman–Crippen LogP) is 6.08. The molecule has 2 N–H and O–H groups in total. The predicted molar refractivity (Wildman–Crippen MR) is 132 cm³/mol. The maximum Gasteiger partial charge on any atom is 0.401 e. The van der Waals surface area contributed by atoms with Gasteiger partial charge in [-0.05, 0) is 74.1 Å². The zero-order valence-corrected chi connectivity index (χ0v) is 20.9. The van der Waals surface area contributed by atoms with Gasteiger partial charge in [0.2, 0.25) is 0 Å². The molecule has 9 heteroatoms. The van der Waals surface area contributed by atoms with Gasteiger partial charge in [0.15, 0.2) is 0 Å². The van der Waals surface area contributed by atoms with E-state index in [9.17, 15) is 23.1 Å². The minimum Gasteiger partial charge on any atom is -0.497 e. The standard InChI is InChI=1S/C28H34F3NO5/c1-35-23-8-7-20(16-32-17-28(29,30)31)26(14-23)37-22-11-9-21(10-12-22)36-24-4-2-3-19(13-24)25(15-27(33)34)18-5-6-18/h2-4,7-8,13-14,18,21-22,25,32H,5-6,9-12,15-17H2,1H3,(H,33,34)/t21-,22-,25?. The Morgan fingerprint density at radius 2 is 1.70 bits per heavy atom. The second kappa shape index (κ2) is 12.1. The molecule has 37 heavy (non-hydrogen) atoms. The second-order valence-corrected chi connectivity index (χ2v) is 9.94. The quantitative estimate of drug-likeness (QED) is 0.352. The Kier molecular flexibility index (Phi) is 8.84. The summed E-state index contributed by atoms with van der Waals surface area (Å²) in [5, 5.41) is 11.7. The first-order valence-electron chi connectivity index (χ1n) is 12.8. The molecule has 2 aromatic carbocycles. The van der Waals surface area contributed by atoms with E-state index in [1.807, 2.05) is 24.3 Å². The van der Waals surface area contributed by atoms with Crippen molar-refractivity contribution in [3.63, 3.8) is 0 Å². The molecule has 202 valence electrons. The average molecular weight is 522 g/mol. The maximum absolute atomic E-state index is 12.5. The number of methoxy groups -OCH3 is 1. The minimum absolute atomic E-state index is 0.0205. The summed E-state index contributed by atoms with van der Waals surface area (Å²) in [4.78, 5) is 11.3. The van der Waals surface area contributed by atoms with Gasteiger partial charge >= 0.3 is 12.1 Å². The minimum atomic E-state index is -4.28. The lowest BCUT2D eigenvalue weighted by atomic mass is 9.91. The van der Waals surface area contributed by atoms with Crippen molar-refractivity contribution in [1.82, 2.24) is 5.32 Å². The van der Waals surface area contributed by atoms with Crippen LogP contribution in [0.25, 0.3) is 0 Å². The van der Waals surface area contributed by atoms with Gasteiger partial charge in [0.25, 0.3) is 0 Å². The summed E-state index contributed by atoms with van der Waals surface area (Å²) in [5.74, 6) is 1.53. The van der Waals surface area contributed by atoms with Crippen molar-refractivity contribution in [1.29, 1.82) is 0 Å². The number of carboxylic acids is 1. The first-order valence-corrected chi connectivity index (χ1v) is 12.8. The van der Waals surface area contributed by atoms with Crippen molar-refractivity contribution in [3.8, 4) is 17.2 Å². The Morgan fingerprint density at radius 1 is 1.00 bits per heavy atom. The number of alkyl halides is 3. The molecule has 1 atom stereocenters. The summed E-state index contributed by atoms with van der Waals surface area (Å²) in [6.45, 7) is -1.03. The Bertz CT molecular complexity index is 1050. The fraction of sp³-hybridized carbons (Fsp3) is 0.536. The van der Waals surface area contributed by atoms with E-state index < -0.39 is 18.7 Å². The van der Waals surface area contributed by atoms with E-state index in [0.717, 1.165) is 49.8 Å². The van der Waals surface area contributed by atoms with Gasteiger partial charge in [-0.1, -0.05) is 18.2 Å². The monoisotopic (exact) mass is 521 g/mol. The highest BCUT2D eigenvalue weighted by Crippen LogP contribution is 2.45.